The standard InChI is InChI=1S/C27H29N3O7/c1-29(2)15-19-22(16-8-6-5-7-9-16)27(17-10-12-18(13-11-17)30(33)34)26(32,24(19)31)23-20(37-27)14-21(35-3)28-25(23)36-4/h5-14,19,22,24,31-32H,15H2,1-4H3/t19-,22-,24-,26+,27+/m1/s1. The van der Waals surface area contributed by atoms with Crippen LogP contribution in [0.25, 0.3) is 0 Å². The summed E-state index contributed by atoms with van der Waals surface area (Å²) in [7, 11) is 6.67. The minimum atomic E-state index is -2.01. The molecule has 1 saturated carbocycles. The molecule has 2 aromatic carbocycles. The first-order valence-corrected chi connectivity index (χ1v) is 11.9. The summed E-state index contributed by atoms with van der Waals surface area (Å²) in [4.78, 5) is 17.2. The summed E-state index contributed by atoms with van der Waals surface area (Å²) in [6.07, 6.45) is -1.30. The maximum absolute atomic E-state index is 12.7. The van der Waals surface area contributed by atoms with Gasteiger partial charge in [0, 0.05) is 36.6 Å². The molecule has 0 radical (unpaired) electrons. The van der Waals surface area contributed by atoms with Gasteiger partial charge in [-0.05, 0) is 37.4 Å². The third-order valence-electron chi connectivity index (χ3n) is 7.49. The predicted octanol–water partition coefficient (Wildman–Crippen LogP) is 2.82. The smallest absolute Gasteiger partial charge is 0.269 e. The van der Waals surface area contributed by atoms with Crippen molar-refractivity contribution in [3.05, 3.63) is 87.5 Å². The monoisotopic (exact) mass is 507 g/mol. The normalized spacial score (nSPS) is 27.9. The number of benzene rings is 2. The molecule has 1 aliphatic carbocycles. The van der Waals surface area contributed by atoms with Gasteiger partial charge in [-0.1, -0.05) is 30.3 Å². The van der Waals surface area contributed by atoms with Gasteiger partial charge in [0.2, 0.25) is 11.8 Å². The van der Waals surface area contributed by atoms with E-state index in [1.54, 1.807) is 18.2 Å². The van der Waals surface area contributed by atoms with Crippen LogP contribution in [0.1, 0.15) is 22.6 Å². The molecular weight excluding hydrogens is 478 g/mol. The van der Waals surface area contributed by atoms with Gasteiger partial charge in [0.15, 0.2) is 11.2 Å². The second kappa shape index (κ2) is 8.98. The molecule has 0 saturated heterocycles. The highest BCUT2D eigenvalue weighted by molar-refractivity contribution is 5.60. The number of nitrogens with zero attached hydrogens (tertiary/aromatic N) is 3. The Bertz CT molecular complexity index is 1320. The summed E-state index contributed by atoms with van der Waals surface area (Å²) < 4.78 is 17.6. The van der Waals surface area contributed by atoms with Crippen LogP contribution in [-0.2, 0) is 11.2 Å². The van der Waals surface area contributed by atoms with Gasteiger partial charge in [-0.3, -0.25) is 10.1 Å². The second-order valence-electron chi connectivity index (χ2n) is 9.71. The Morgan fingerprint density at radius 2 is 1.78 bits per heavy atom. The van der Waals surface area contributed by atoms with E-state index in [2.05, 4.69) is 4.98 Å². The van der Waals surface area contributed by atoms with Crippen molar-refractivity contribution in [3.8, 4) is 17.5 Å². The molecule has 0 spiro atoms. The highest BCUT2D eigenvalue weighted by Gasteiger charge is 2.77. The van der Waals surface area contributed by atoms with Crippen LogP contribution in [0.15, 0.2) is 60.7 Å². The number of aliphatic hydroxyl groups is 2. The molecule has 3 aromatic rings. The van der Waals surface area contributed by atoms with Crippen molar-refractivity contribution in [3.63, 3.8) is 0 Å². The highest BCUT2D eigenvalue weighted by atomic mass is 16.6. The van der Waals surface area contributed by atoms with Gasteiger partial charge in [-0.2, -0.15) is 4.98 Å². The van der Waals surface area contributed by atoms with E-state index in [0.717, 1.165) is 5.56 Å². The molecule has 194 valence electrons. The summed E-state index contributed by atoms with van der Waals surface area (Å²) in [5.74, 6) is -0.503. The third kappa shape index (κ3) is 3.47. The number of aliphatic hydroxyl groups excluding tert-OH is 1. The number of ether oxygens (including phenoxy) is 3. The predicted molar refractivity (Wildman–Crippen MR) is 134 cm³/mol. The molecule has 2 N–H and O–H groups in total. The molecule has 2 aliphatic rings. The minimum absolute atomic E-state index is 0.0667. The first-order chi connectivity index (χ1) is 17.7. The van der Waals surface area contributed by atoms with Gasteiger partial charge in [0.25, 0.3) is 5.69 Å². The summed E-state index contributed by atoms with van der Waals surface area (Å²) in [6, 6.07) is 17.0. The Balaban J connectivity index is 1.85. The quantitative estimate of drug-likeness (QED) is 0.366. The zero-order valence-electron chi connectivity index (χ0n) is 21.0. The van der Waals surface area contributed by atoms with E-state index >= 15 is 0 Å². The number of pyridine rings is 1. The largest absolute Gasteiger partial charge is 0.481 e. The van der Waals surface area contributed by atoms with Crippen molar-refractivity contribution in [2.24, 2.45) is 5.92 Å². The van der Waals surface area contributed by atoms with Gasteiger partial charge in [0.05, 0.1) is 30.8 Å². The van der Waals surface area contributed by atoms with Crippen molar-refractivity contribution in [1.29, 1.82) is 0 Å². The molecule has 0 bridgehead atoms. The number of nitro benzene ring substituents is 1. The maximum Gasteiger partial charge on any atom is 0.269 e. The van der Waals surface area contributed by atoms with E-state index in [4.69, 9.17) is 14.2 Å². The zero-order valence-corrected chi connectivity index (χ0v) is 21.0. The average Bonchev–Trinajstić information content (AvgIpc) is 3.26. The summed E-state index contributed by atoms with van der Waals surface area (Å²) >= 11 is 0. The lowest BCUT2D eigenvalue weighted by molar-refractivity contribution is -0.384. The molecule has 37 heavy (non-hydrogen) atoms. The molecule has 1 aromatic heterocycles. The van der Waals surface area contributed by atoms with E-state index in [1.165, 1.54) is 26.4 Å². The minimum Gasteiger partial charge on any atom is -0.481 e. The van der Waals surface area contributed by atoms with E-state index in [1.807, 2.05) is 49.3 Å². The van der Waals surface area contributed by atoms with Crippen LogP contribution in [0.3, 0.4) is 0 Å². The SMILES string of the molecule is COc1cc2c(c(OC)n1)[C@]1(O)[C@H](O)[C@H](CN(C)C)[C@@H](c3ccccc3)[C@]1(c1ccc([N+](=O)[O-])cc1)O2. The summed E-state index contributed by atoms with van der Waals surface area (Å²) in [5.41, 5.74) is -2.14. The van der Waals surface area contributed by atoms with Crippen LogP contribution in [0, 0.1) is 16.0 Å². The van der Waals surface area contributed by atoms with Crippen molar-refractivity contribution in [2.75, 3.05) is 34.9 Å². The Morgan fingerprint density at radius 3 is 2.35 bits per heavy atom. The first kappa shape index (κ1) is 24.9. The fourth-order valence-corrected chi connectivity index (χ4v) is 6.12. The number of non-ortho nitro benzene ring substituents is 1. The topological polar surface area (TPSA) is 127 Å². The lowest BCUT2D eigenvalue weighted by atomic mass is 9.70. The average molecular weight is 508 g/mol. The van der Waals surface area contributed by atoms with E-state index in [0.29, 0.717) is 12.1 Å². The molecule has 2 heterocycles. The number of nitro groups is 1. The van der Waals surface area contributed by atoms with Crippen LogP contribution in [0.2, 0.25) is 0 Å². The van der Waals surface area contributed by atoms with Gasteiger partial charge in [0.1, 0.15) is 5.75 Å². The Morgan fingerprint density at radius 1 is 1.11 bits per heavy atom. The Hall–Kier alpha value is -3.73. The lowest BCUT2D eigenvalue weighted by Gasteiger charge is -2.40. The zero-order chi connectivity index (χ0) is 26.5. The molecule has 10 nitrogen and oxygen atoms in total. The van der Waals surface area contributed by atoms with E-state index in [-0.39, 0.29) is 28.8 Å². The molecule has 5 rings (SSSR count). The number of methoxy groups -OCH3 is 2. The maximum atomic E-state index is 12.7. The lowest BCUT2D eigenvalue weighted by Crippen LogP contribution is -2.52. The molecular formula is C27H29N3O7. The Kier molecular flexibility index (Phi) is 6.06. The molecule has 0 amide bonds. The van der Waals surface area contributed by atoms with E-state index in [9.17, 15) is 20.3 Å². The van der Waals surface area contributed by atoms with Gasteiger partial charge < -0.3 is 29.3 Å². The van der Waals surface area contributed by atoms with Gasteiger partial charge in [-0.25, -0.2) is 0 Å². The number of aromatic nitrogens is 1. The van der Waals surface area contributed by atoms with Crippen LogP contribution < -0.4 is 14.2 Å². The summed E-state index contributed by atoms with van der Waals surface area (Å²) in [6.45, 7) is 0.433. The van der Waals surface area contributed by atoms with Crippen LogP contribution in [0.4, 0.5) is 5.69 Å². The Labute approximate surface area is 214 Å². The van der Waals surface area contributed by atoms with Crippen LogP contribution >= 0.6 is 0 Å². The molecule has 5 atom stereocenters. The molecule has 1 fully saturated rings. The van der Waals surface area contributed by atoms with Crippen molar-refractivity contribution >= 4 is 5.69 Å². The number of hydrogen-bond acceptors (Lipinski definition) is 9. The van der Waals surface area contributed by atoms with Gasteiger partial charge >= 0.3 is 0 Å². The first-order valence-electron chi connectivity index (χ1n) is 11.9. The fourth-order valence-electron chi connectivity index (χ4n) is 6.12. The number of fused-ring (bicyclic) bond motifs is 3. The van der Waals surface area contributed by atoms with E-state index < -0.39 is 34.1 Å². The second-order valence-corrected chi connectivity index (χ2v) is 9.71. The van der Waals surface area contributed by atoms with Crippen molar-refractivity contribution in [2.45, 2.75) is 23.2 Å². The molecule has 0 unspecified atom stereocenters. The van der Waals surface area contributed by atoms with Crippen molar-refractivity contribution in [1.82, 2.24) is 9.88 Å². The summed E-state index contributed by atoms with van der Waals surface area (Å²) in [5, 5.41) is 36.1. The number of rotatable bonds is 7. The van der Waals surface area contributed by atoms with Crippen LogP contribution in [-0.4, -0.2) is 66.0 Å². The molecule has 10 heteroatoms. The van der Waals surface area contributed by atoms with Crippen molar-refractivity contribution < 1.29 is 29.3 Å². The van der Waals surface area contributed by atoms with Gasteiger partial charge in [-0.15, -0.1) is 0 Å². The fraction of sp³-hybridized carbons (Fsp3) is 0.370. The highest BCUT2D eigenvalue weighted by Crippen LogP contribution is 2.69. The molecule has 1 aliphatic heterocycles. The third-order valence-corrected chi connectivity index (χ3v) is 7.49. The number of hydrogen-bond donors (Lipinski definition) is 2. The van der Waals surface area contributed by atoms with Crippen LogP contribution in [0.5, 0.6) is 17.5 Å².